The molecular formula is C16H15BrF3N. The molecule has 0 aromatic heterocycles. The standard InChI is InChI=1S/C16H15BrF3N/c1-2-8-21-16(11-7-6-10(18)9-14(11)20)15-12(17)4-3-5-13(15)19/h3-7,9,16,21H,2,8H2,1H3. The highest BCUT2D eigenvalue weighted by atomic mass is 79.9. The first kappa shape index (κ1) is 16.0. The molecule has 2 aromatic rings. The van der Waals surface area contributed by atoms with Gasteiger partial charge < -0.3 is 5.32 Å². The summed E-state index contributed by atoms with van der Waals surface area (Å²) in [5.74, 6) is -1.79. The third kappa shape index (κ3) is 3.66. The Labute approximate surface area is 130 Å². The fourth-order valence-electron chi connectivity index (χ4n) is 2.18. The second kappa shape index (κ2) is 7.09. The Balaban J connectivity index is 2.52. The number of benzene rings is 2. The maximum atomic E-state index is 14.2. The van der Waals surface area contributed by atoms with Crippen LogP contribution in [0.2, 0.25) is 0 Å². The molecule has 1 atom stereocenters. The van der Waals surface area contributed by atoms with Crippen LogP contribution >= 0.6 is 15.9 Å². The third-order valence-corrected chi connectivity index (χ3v) is 3.85. The van der Waals surface area contributed by atoms with E-state index in [1.807, 2.05) is 6.92 Å². The van der Waals surface area contributed by atoms with Gasteiger partial charge in [-0.3, -0.25) is 0 Å². The summed E-state index contributed by atoms with van der Waals surface area (Å²) in [5.41, 5.74) is 0.534. The summed E-state index contributed by atoms with van der Waals surface area (Å²) in [6, 6.07) is 7.24. The van der Waals surface area contributed by atoms with E-state index in [4.69, 9.17) is 0 Å². The summed E-state index contributed by atoms with van der Waals surface area (Å²) in [5, 5.41) is 3.11. The van der Waals surface area contributed by atoms with Crippen LogP contribution in [0, 0.1) is 17.5 Å². The highest BCUT2D eigenvalue weighted by molar-refractivity contribution is 9.10. The van der Waals surface area contributed by atoms with E-state index in [9.17, 15) is 13.2 Å². The Morgan fingerprint density at radius 3 is 2.48 bits per heavy atom. The van der Waals surface area contributed by atoms with Crippen molar-refractivity contribution in [1.29, 1.82) is 0 Å². The van der Waals surface area contributed by atoms with Gasteiger partial charge >= 0.3 is 0 Å². The van der Waals surface area contributed by atoms with E-state index >= 15 is 0 Å². The van der Waals surface area contributed by atoms with E-state index in [0.29, 0.717) is 16.6 Å². The van der Waals surface area contributed by atoms with Crippen molar-refractivity contribution in [3.05, 3.63) is 69.4 Å². The highest BCUT2D eigenvalue weighted by Gasteiger charge is 2.23. The molecule has 112 valence electrons. The summed E-state index contributed by atoms with van der Waals surface area (Å²) >= 11 is 3.30. The van der Waals surface area contributed by atoms with E-state index in [2.05, 4.69) is 21.2 Å². The number of nitrogens with one attached hydrogen (secondary N) is 1. The van der Waals surface area contributed by atoms with E-state index < -0.39 is 23.5 Å². The molecular weight excluding hydrogens is 343 g/mol. The second-order valence-corrected chi connectivity index (χ2v) is 5.54. The van der Waals surface area contributed by atoms with Gasteiger partial charge in [-0.25, -0.2) is 13.2 Å². The van der Waals surface area contributed by atoms with Gasteiger partial charge in [-0.15, -0.1) is 0 Å². The number of halogens is 4. The van der Waals surface area contributed by atoms with Gasteiger partial charge in [0.1, 0.15) is 17.5 Å². The minimum absolute atomic E-state index is 0.218. The lowest BCUT2D eigenvalue weighted by molar-refractivity contribution is 0.512. The monoisotopic (exact) mass is 357 g/mol. The summed E-state index contributed by atoms with van der Waals surface area (Å²) in [4.78, 5) is 0. The molecule has 0 amide bonds. The van der Waals surface area contributed by atoms with Crippen LogP contribution in [0.3, 0.4) is 0 Å². The van der Waals surface area contributed by atoms with Crippen molar-refractivity contribution in [3.8, 4) is 0 Å². The van der Waals surface area contributed by atoms with Crippen molar-refractivity contribution in [2.24, 2.45) is 0 Å². The number of hydrogen-bond acceptors (Lipinski definition) is 1. The van der Waals surface area contributed by atoms with Crippen LogP contribution in [0.1, 0.15) is 30.5 Å². The summed E-state index contributed by atoms with van der Waals surface area (Å²) < 4.78 is 41.8. The summed E-state index contributed by atoms with van der Waals surface area (Å²) in [7, 11) is 0. The molecule has 0 spiro atoms. The molecule has 0 heterocycles. The van der Waals surface area contributed by atoms with Crippen LogP contribution in [0.5, 0.6) is 0 Å². The lowest BCUT2D eigenvalue weighted by Crippen LogP contribution is -2.25. The molecule has 0 saturated carbocycles. The van der Waals surface area contributed by atoms with E-state index in [0.717, 1.165) is 12.5 Å². The SMILES string of the molecule is CCCNC(c1ccc(F)cc1F)c1c(F)cccc1Br. The molecule has 1 nitrogen and oxygen atoms in total. The number of hydrogen-bond donors (Lipinski definition) is 1. The van der Waals surface area contributed by atoms with Gasteiger partial charge in [-0.05, 0) is 31.2 Å². The normalized spacial score (nSPS) is 12.4. The highest BCUT2D eigenvalue weighted by Crippen LogP contribution is 2.32. The van der Waals surface area contributed by atoms with Crippen molar-refractivity contribution in [3.63, 3.8) is 0 Å². The van der Waals surface area contributed by atoms with Crippen LogP contribution in [0.25, 0.3) is 0 Å². The zero-order valence-corrected chi connectivity index (χ0v) is 13.1. The van der Waals surface area contributed by atoms with E-state index in [1.165, 1.54) is 18.2 Å². The lowest BCUT2D eigenvalue weighted by Gasteiger charge is -2.22. The largest absolute Gasteiger partial charge is 0.306 e. The Hall–Kier alpha value is -1.33. The Bertz CT molecular complexity index is 611. The molecule has 0 bridgehead atoms. The van der Waals surface area contributed by atoms with Crippen LogP contribution < -0.4 is 5.32 Å². The van der Waals surface area contributed by atoms with Gasteiger partial charge in [0.25, 0.3) is 0 Å². The fourth-order valence-corrected chi connectivity index (χ4v) is 2.75. The van der Waals surface area contributed by atoms with E-state index in [1.54, 1.807) is 12.1 Å². The zero-order valence-electron chi connectivity index (χ0n) is 11.5. The smallest absolute Gasteiger partial charge is 0.131 e. The second-order valence-electron chi connectivity index (χ2n) is 4.69. The molecule has 2 rings (SSSR count). The Morgan fingerprint density at radius 1 is 1.10 bits per heavy atom. The molecule has 0 aliphatic rings. The first-order valence-electron chi connectivity index (χ1n) is 6.66. The lowest BCUT2D eigenvalue weighted by atomic mass is 9.97. The van der Waals surface area contributed by atoms with Crippen LogP contribution in [0.4, 0.5) is 13.2 Å². The molecule has 2 aromatic carbocycles. The quantitative estimate of drug-likeness (QED) is 0.797. The topological polar surface area (TPSA) is 12.0 Å². The predicted molar refractivity (Wildman–Crippen MR) is 80.6 cm³/mol. The van der Waals surface area contributed by atoms with Gasteiger partial charge in [0.2, 0.25) is 0 Å². The van der Waals surface area contributed by atoms with Gasteiger partial charge in [-0.1, -0.05) is 35.0 Å². The minimum atomic E-state index is -0.696. The van der Waals surface area contributed by atoms with Gasteiger partial charge in [0, 0.05) is 21.7 Å². The predicted octanol–water partition coefficient (Wildman–Crippen LogP) is 4.96. The van der Waals surface area contributed by atoms with Crippen molar-refractivity contribution in [2.75, 3.05) is 6.54 Å². The van der Waals surface area contributed by atoms with Crippen molar-refractivity contribution in [1.82, 2.24) is 5.32 Å². The zero-order chi connectivity index (χ0) is 15.4. The van der Waals surface area contributed by atoms with Gasteiger partial charge in [-0.2, -0.15) is 0 Å². The summed E-state index contributed by atoms with van der Waals surface area (Å²) in [6.07, 6.45) is 0.811. The molecule has 5 heteroatoms. The first-order chi connectivity index (χ1) is 10.0. The van der Waals surface area contributed by atoms with Gasteiger partial charge in [0.15, 0.2) is 0 Å². The molecule has 1 N–H and O–H groups in total. The molecule has 0 fully saturated rings. The Morgan fingerprint density at radius 2 is 1.86 bits per heavy atom. The summed E-state index contributed by atoms with van der Waals surface area (Å²) in [6.45, 7) is 2.55. The molecule has 0 aliphatic heterocycles. The van der Waals surface area contributed by atoms with Crippen molar-refractivity contribution >= 4 is 15.9 Å². The van der Waals surface area contributed by atoms with E-state index in [-0.39, 0.29) is 5.56 Å². The fraction of sp³-hybridized carbons (Fsp3) is 0.250. The van der Waals surface area contributed by atoms with Crippen LogP contribution in [-0.4, -0.2) is 6.54 Å². The van der Waals surface area contributed by atoms with Crippen LogP contribution in [-0.2, 0) is 0 Å². The molecule has 0 radical (unpaired) electrons. The van der Waals surface area contributed by atoms with Crippen molar-refractivity contribution < 1.29 is 13.2 Å². The molecule has 1 unspecified atom stereocenters. The Kier molecular flexibility index (Phi) is 5.42. The molecule has 0 saturated heterocycles. The van der Waals surface area contributed by atoms with Crippen LogP contribution in [0.15, 0.2) is 40.9 Å². The molecule has 21 heavy (non-hydrogen) atoms. The maximum Gasteiger partial charge on any atom is 0.131 e. The third-order valence-electron chi connectivity index (χ3n) is 3.16. The first-order valence-corrected chi connectivity index (χ1v) is 7.46. The average Bonchev–Trinajstić information content (AvgIpc) is 2.43. The average molecular weight is 358 g/mol. The van der Waals surface area contributed by atoms with Gasteiger partial charge in [0.05, 0.1) is 6.04 Å². The molecule has 0 aliphatic carbocycles. The maximum absolute atomic E-state index is 14.2. The number of rotatable bonds is 5. The van der Waals surface area contributed by atoms with Crippen molar-refractivity contribution in [2.45, 2.75) is 19.4 Å². The minimum Gasteiger partial charge on any atom is -0.306 e.